The lowest BCUT2D eigenvalue weighted by atomic mass is 10.2. The van der Waals surface area contributed by atoms with Crippen LogP contribution in [0.3, 0.4) is 0 Å². The first-order valence-corrected chi connectivity index (χ1v) is 9.30. The van der Waals surface area contributed by atoms with E-state index >= 15 is 0 Å². The highest BCUT2D eigenvalue weighted by atomic mass is 35.5. The molecule has 1 aliphatic heterocycles. The summed E-state index contributed by atoms with van der Waals surface area (Å²) < 4.78 is 29.6. The number of rotatable bonds is 4. The first kappa shape index (κ1) is 16.0. The Hall–Kier alpha value is -1.86. The topological polar surface area (TPSA) is 78.3 Å². The molecule has 0 aliphatic carbocycles. The van der Waals surface area contributed by atoms with Gasteiger partial charge in [0.25, 0.3) is 0 Å². The summed E-state index contributed by atoms with van der Waals surface area (Å²) in [5, 5.41) is 4.74. The molecule has 0 spiro atoms. The number of benzene rings is 1. The number of carbonyl (C=O) groups excluding carboxylic acids is 1. The van der Waals surface area contributed by atoms with Crippen molar-refractivity contribution in [2.45, 2.75) is 19.1 Å². The van der Waals surface area contributed by atoms with Crippen molar-refractivity contribution in [3.05, 3.63) is 52.8 Å². The molecule has 2 aromatic rings. The average molecular weight is 355 g/mol. The first-order valence-electron chi connectivity index (χ1n) is 7.10. The molecule has 1 saturated heterocycles. The summed E-state index contributed by atoms with van der Waals surface area (Å²) in [6.45, 7) is 0.435. The fourth-order valence-corrected chi connectivity index (χ4v) is 4.22. The quantitative estimate of drug-likeness (QED) is 0.784. The van der Waals surface area contributed by atoms with Crippen molar-refractivity contribution in [2.75, 3.05) is 11.5 Å². The summed E-state index contributed by atoms with van der Waals surface area (Å²) in [7, 11) is -3.08. The SMILES string of the molecule is O=C(O[C@@H]1CCS(=O)(=O)C1)c1cnn(Cc2ccccc2Cl)c1. The van der Waals surface area contributed by atoms with E-state index in [1.165, 1.54) is 6.20 Å². The van der Waals surface area contributed by atoms with Gasteiger partial charge in [0.1, 0.15) is 6.10 Å². The zero-order valence-corrected chi connectivity index (χ0v) is 13.8. The Labute approximate surface area is 138 Å². The maximum Gasteiger partial charge on any atom is 0.341 e. The number of hydrogen-bond donors (Lipinski definition) is 0. The van der Waals surface area contributed by atoms with Gasteiger partial charge in [-0.05, 0) is 18.1 Å². The molecule has 3 rings (SSSR count). The van der Waals surface area contributed by atoms with E-state index in [-0.39, 0.29) is 11.5 Å². The standard InChI is InChI=1S/C15H15ClN2O4S/c16-14-4-2-1-3-11(14)8-18-9-12(7-17-18)15(19)22-13-5-6-23(20,21)10-13/h1-4,7,9,13H,5-6,8,10H2/t13-/m1/s1. The van der Waals surface area contributed by atoms with Crippen LogP contribution in [0.5, 0.6) is 0 Å². The highest BCUT2D eigenvalue weighted by molar-refractivity contribution is 7.91. The van der Waals surface area contributed by atoms with Gasteiger partial charge in [0.15, 0.2) is 9.84 Å². The van der Waals surface area contributed by atoms with Crippen molar-refractivity contribution in [1.29, 1.82) is 0 Å². The van der Waals surface area contributed by atoms with E-state index in [4.69, 9.17) is 16.3 Å². The van der Waals surface area contributed by atoms with E-state index in [0.29, 0.717) is 23.6 Å². The number of ether oxygens (including phenoxy) is 1. The third-order valence-corrected chi connectivity index (χ3v) is 5.73. The van der Waals surface area contributed by atoms with Gasteiger partial charge in [-0.25, -0.2) is 13.2 Å². The van der Waals surface area contributed by atoms with Crippen molar-refractivity contribution in [2.24, 2.45) is 0 Å². The Morgan fingerprint density at radius 1 is 1.39 bits per heavy atom. The highest BCUT2D eigenvalue weighted by Crippen LogP contribution is 2.18. The van der Waals surface area contributed by atoms with Crippen LogP contribution in [0.25, 0.3) is 0 Å². The Kier molecular flexibility index (Phi) is 4.41. The lowest BCUT2D eigenvalue weighted by Crippen LogP contribution is -2.19. The molecule has 1 aromatic carbocycles. The van der Waals surface area contributed by atoms with Crippen molar-refractivity contribution >= 4 is 27.4 Å². The van der Waals surface area contributed by atoms with Crippen molar-refractivity contribution < 1.29 is 17.9 Å². The summed E-state index contributed by atoms with van der Waals surface area (Å²) in [5.74, 6) is -0.596. The van der Waals surface area contributed by atoms with E-state index in [2.05, 4.69) is 5.10 Å². The predicted octanol–water partition coefficient (Wildman–Crippen LogP) is 1.93. The molecule has 8 heteroatoms. The van der Waals surface area contributed by atoms with Crippen LogP contribution in [0, 0.1) is 0 Å². The van der Waals surface area contributed by atoms with Gasteiger partial charge in [-0.15, -0.1) is 0 Å². The van der Waals surface area contributed by atoms with E-state index in [9.17, 15) is 13.2 Å². The minimum atomic E-state index is -3.08. The zero-order chi connectivity index (χ0) is 16.4. The third kappa shape index (κ3) is 3.92. The van der Waals surface area contributed by atoms with Crippen molar-refractivity contribution in [3.8, 4) is 0 Å². The molecule has 1 atom stereocenters. The average Bonchev–Trinajstić information content (AvgIpc) is 3.08. The molecule has 23 heavy (non-hydrogen) atoms. The minimum absolute atomic E-state index is 0.0662. The number of sulfone groups is 1. The second kappa shape index (κ2) is 6.33. The lowest BCUT2D eigenvalue weighted by molar-refractivity contribution is 0.0356. The molecule has 2 heterocycles. The van der Waals surface area contributed by atoms with Gasteiger partial charge < -0.3 is 4.74 Å². The van der Waals surface area contributed by atoms with Gasteiger partial charge in [-0.3, -0.25) is 4.68 Å². The number of carbonyl (C=O) groups is 1. The second-order valence-corrected chi connectivity index (χ2v) is 8.08. The molecular weight excluding hydrogens is 340 g/mol. The van der Waals surface area contributed by atoms with Crippen LogP contribution >= 0.6 is 11.6 Å². The Balaban J connectivity index is 1.65. The van der Waals surface area contributed by atoms with Crippen LogP contribution in [0.2, 0.25) is 5.02 Å². The Morgan fingerprint density at radius 3 is 2.87 bits per heavy atom. The summed E-state index contributed by atoms with van der Waals surface area (Å²) in [4.78, 5) is 12.0. The maximum atomic E-state index is 12.0. The molecule has 0 bridgehead atoms. The number of halogens is 1. The van der Waals surface area contributed by atoms with E-state index < -0.39 is 21.9 Å². The van der Waals surface area contributed by atoms with E-state index in [1.54, 1.807) is 16.9 Å². The monoisotopic (exact) mass is 354 g/mol. The number of aromatic nitrogens is 2. The smallest absolute Gasteiger partial charge is 0.341 e. The van der Waals surface area contributed by atoms with Gasteiger partial charge >= 0.3 is 5.97 Å². The molecular formula is C15H15ClN2O4S. The van der Waals surface area contributed by atoms with Gasteiger partial charge in [0, 0.05) is 11.2 Å². The molecule has 0 saturated carbocycles. The predicted molar refractivity (Wildman–Crippen MR) is 85.3 cm³/mol. The second-order valence-electron chi connectivity index (χ2n) is 5.45. The number of hydrogen-bond acceptors (Lipinski definition) is 5. The molecule has 1 aromatic heterocycles. The van der Waals surface area contributed by atoms with Crippen LogP contribution in [0.1, 0.15) is 22.3 Å². The van der Waals surface area contributed by atoms with Gasteiger partial charge in [0.05, 0.1) is 29.8 Å². The van der Waals surface area contributed by atoms with Crippen LogP contribution in [-0.4, -0.2) is 41.8 Å². The largest absolute Gasteiger partial charge is 0.458 e. The Morgan fingerprint density at radius 2 is 2.17 bits per heavy atom. The molecule has 122 valence electrons. The summed E-state index contributed by atoms with van der Waals surface area (Å²) in [6.07, 6.45) is 2.75. The molecule has 6 nitrogen and oxygen atoms in total. The molecule has 1 aliphatic rings. The van der Waals surface area contributed by atoms with E-state index in [0.717, 1.165) is 5.56 Å². The van der Waals surface area contributed by atoms with Gasteiger partial charge in [-0.2, -0.15) is 5.10 Å². The molecule has 0 unspecified atom stereocenters. The maximum absolute atomic E-state index is 12.0. The van der Waals surface area contributed by atoms with Gasteiger partial charge in [-0.1, -0.05) is 29.8 Å². The Bertz CT molecular complexity index is 832. The molecule has 0 N–H and O–H groups in total. The van der Waals surface area contributed by atoms with Crippen LogP contribution in [0.15, 0.2) is 36.7 Å². The molecule has 1 fully saturated rings. The number of esters is 1. The zero-order valence-electron chi connectivity index (χ0n) is 12.2. The highest BCUT2D eigenvalue weighted by Gasteiger charge is 2.31. The van der Waals surface area contributed by atoms with Crippen molar-refractivity contribution in [3.63, 3.8) is 0 Å². The van der Waals surface area contributed by atoms with E-state index in [1.807, 2.05) is 18.2 Å². The summed E-state index contributed by atoms with van der Waals surface area (Å²) >= 11 is 6.09. The summed E-state index contributed by atoms with van der Waals surface area (Å²) in [6, 6.07) is 7.38. The molecule has 0 amide bonds. The number of nitrogens with zero attached hydrogens (tertiary/aromatic N) is 2. The van der Waals surface area contributed by atoms with Crippen LogP contribution in [-0.2, 0) is 21.1 Å². The van der Waals surface area contributed by atoms with Crippen LogP contribution in [0.4, 0.5) is 0 Å². The first-order chi connectivity index (χ1) is 10.9. The normalized spacial score (nSPS) is 19.6. The fourth-order valence-electron chi connectivity index (χ4n) is 2.43. The molecule has 0 radical (unpaired) electrons. The third-order valence-electron chi connectivity index (χ3n) is 3.62. The fraction of sp³-hybridized carbons (Fsp3) is 0.333. The lowest BCUT2D eigenvalue weighted by Gasteiger charge is -2.08. The summed E-state index contributed by atoms with van der Waals surface area (Å²) in [5.41, 5.74) is 1.18. The van der Waals surface area contributed by atoms with Crippen molar-refractivity contribution in [1.82, 2.24) is 9.78 Å². The van der Waals surface area contributed by atoms with Crippen LogP contribution < -0.4 is 0 Å². The minimum Gasteiger partial charge on any atom is -0.458 e. The van der Waals surface area contributed by atoms with Gasteiger partial charge in [0.2, 0.25) is 0 Å².